The average Bonchev–Trinajstić information content (AvgIpc) is 2.67. The van der Waals surface area contributed by atoms with Crippen LogP contribution in [-0.4, -0.2) is 0 Å². The monoisotopic (exact) mass is 501 g/mol. The van der Waals surface area contributed by atoms with Gasteiger partial charge >= 0.3 is 0 Å². The number of hydrogen-bond donors (Lipinski definition) is 0. The standard InChI is InChI=1S/C22H14Br2ClNO/c23-19-5-3-16(4-6-19)18(13-26)11-17-12-20(24)7-10-22(17)27-14-15-1-8-21(25)9-2-15/h1-12H,14H2/b18-11+. The molecule has 0 unspecified atom stereocenters. The summed E-state index contributed by atoms with van der Waals surface area (Å²) in [6.45, 7) is 0.416. The van der Waals surface area contributed by atoms with Gasteiger partial charge in [0.2, 0.25) is 0 Å². The third kappa shape index (κ3) is 5.46. The highest BCUT2D eigenvalue weighted by molar-refractivity contribution is 9.10. The van der Waals surface area contributed by atoms with Crippen molar-refractivity contribution in [3.05, 3.63) is 97.4 Å². The minimum atomic E-state index is 0.416. The molecule has 3 aromatic carbocycles. The Balaban J connectivity index is 1.89. The quantitative estimate of drug-likeness (QED) is 0.267. The van der Waals surface area contributed by atoms with Gasteiger partial charge in [0.15, 0.2) is 0 Å². The molecular formula is C22H14Br2ClNO. The first-order chi connectivity index (χ1) is 13.0. The Bertz CT molecular complexity index is 1010. The van der Waals surface area contributed by atoms with Crippen LogP contribution in [0.15, 0.2) is 75.7 Å². The molecule has 3 aromatic rings. The van der Waals surface area contributed by atoms with E-state index in [1.807, 2.05) is 72.8 Å². The van der Waals surface area contributed by atoms with Crippen molar-refractivity contribution in [3.63, 3.8) is 0 Å². The largest absolute Gasteiger partial charge is 0.488 e. The number of ether oxygens (including phenoxy) is 1. The van der Waals surface area contributed by atoms with Crippen LogP contribution in [0.25, 0.3) is 11.6 Å². The lowest BCUT2D eigenvalue weighted by Crippen LogP contribution is -1.97. The van der Waals surface area contributed by atoms with Crippen molar-refractivity contribution >= 4 is 55.1 Å². The van der Waals surface area contributed by atoms with Gasteiger partial charge in [0, 0.05) is 19.5 Å². The van der Waals surface area contributed by atoms with Crippen LogP contribution < -0.4 is 4.74 Å². The first kappa shape index (κ1) is 19.7. The summed E-state index contributed by atoms with van der Waals surface area (Å²) in [5, 5.41) is 10.3. The Kier molecular flexibility index (Phi) is 6.73. The van der Waals surface area contributed by atoms with Gasteiger partial charge in [-0.2, -0.15) is 5.26 Å². The molecule has 134 valence electrons. The molecule has 5 heteroatoms. The molecule has 0 N–H and O–H groups in total. The van der Waals surface area contributed by atoms with E-state index < -0.39 is 0 Å². The van der Waals surface area contributed by atoms with E-state index in [2.05, 4.69) is 37.9 Å². The van der Waals surface area contributed by atoms with Crippen molar-refractivity contribution in [2.75, 3.05) is 0 Å². The SMILES string of the molecule is N#C/C(=C\c1cc(Br)ccc1OCc1ccc(Cl)cc1)c1ccc(Br)cc1. The molecule has 0 bridgehead atoms. The maximum atomic E-state index is 9.61. The van der Waals surface area contributed by atoms with Crippen molar-refractivity contribution in [2.24, 2.45) is 0 Å². The fraction of sp³-hybridized carbons (Fsp3) is 0.0455. The van der Waals surface area contributed by atoms with Crippen molar-refractivity contribution < 1.29 is 4.74 Å². The van der Waals surface area contributed by atoms with E-state index in [-0.39, 0.29) is 0 Å². The minimum absolute atomic E-state index is 0.416. The highest BCUT2D eigenvalue weighted by Gasteiger charge is 2.07. The zero-order valence-electron chi connectivity index (χ0n) is 14.1. The summed E-state index contributed by atoms with van der Waals surface area (Å²) in [6, 6.07) is 23.2. The maximum absolute atomic E-state index is 9.61. The molecule has 2 nitrogen and oxygen atoms in total. The van der Waals surface area contributed by atoms with Gasteiger partial charge in [0.1, 0.15) is 12.4 Å². The molecule has 27 heavy (non-hydrogen) atoms. The van der Waals surface area contributed by atoms with E-state index in [1.54, 1.807) is 0 Å². The molecule has 0 aliphatic heterocycles. The number of halogens is 3. The molecular weight excluding hydrogens is 490 g/mol. The molecule has 0 fully saturated rings. The number of nitriles is 1. The van der Waals surface area contributed by atoms with E-state index in [9.17, 15) is 5.26 Å². The lowest BCUT2D eigenvalue weighted by atomic mass is 10.0. The molecule has 0 amide bonds. The van der Waals surface area contributed by atoms with E-state index >= 15 is 0 Å². The first-order valence-electron chi connectivity index (χ1n) is 8.10. The summed E-state index contributed by atoms with van der Waals surface area (Å²) in [7, 11) is 0. The van der Waals surface area contributed by atoms with Crippen molar-refractivity contribution in [2.45, 2.75) is 6.61 Å². The van der Waals surface area contributed by atoms with Gasteiger partial charge in [0.05, 0.1) is 11.6 Å². The third-order valence-electron chi connectivity index (χ3n) is 3.85. The summed E-state index contributed by atoms with van der Waals surface area (Å²) in [5.74, 6) is 0.706. The molecule has 0 aromatic heterocycles. The minimum Gasteiger partial charge on any atom is -0.488 e. The van der Waals surface area contributed by atoms with Crippen LogP contribution in [0.2, 0.25) is 5.02 Å². The number of nitrogens with zero attached hydrogens (tertiary/aromatic N) is 1. The second-order valence-corrected chi connectivity index (χ2v) is 8.04. The van der Waals surface area contributed by atoms with Crippen LogP contribution in [0.1, 0.15) is 16.7 Å². The molecule has 3 rings (SSSR count). The number of rotatable bonds is 5. The zero-order chi connectivity index (χ0) is 19.2. The Morgan fingerprint density at radius 2 is 1.63 bits per heavy atom. The molecule has 0 radical (unpaired) electrons. The number of allylic oxidation sites excluding steroid dienone is 1. The van der Waals surface area contributed by atoms with Crippen molar-refractivity contribution in [3.8, 4) is 11.8 Å². The molecule has 0 saturated carbocycles. The summed E-state index contributed by atoms with van der Waals surface area (Å²) >= 11 is 12.8. The molecule has 0 aliphatic rings. The van der Waals surface area contributed by atoms with Crippen LogP contribution in [-0.2, 0) is 6.61 Å². The highest BCUT2D eigenvalue weighted by Crippen LogP contribution is 2.29. The Morgan fingerprint density at radius 3 is 2.30 bits per heavy atom. The first-order valence-corrected chi connectivity index (χ1v) is 10.1. The second kappa shape index (κ2) is 9.23. The summed E-state index contributed by atoms with van der Waals surface area (Å²) < 4.78 is 7.88. The van der Waals surface area contributed by atoms with Crippen LogP contribution in [0, 0.1) is 11.3 Å². The second-order valence-electron chi connectivity index (χ2n) is 5.77. The van der Waals surface area contributed by atoms with Gasteiger partial charge in [-0.05, 0) is 59.7 Å². The van der Waals surface area contributed by atoms with E-state index in [4.69, 9.17) is 16.3 Å². The van der Waals surface area contributed by atoms with Gasteiger partial charge in [0.25, 0.3) is 0 Å². The predicted molar refractivity (Wildman–Crippen MR) is 118 cm³/mol. The van der Waals surface area contributed by atoms with Crippen molar-refractivity contribution in [1.29, 1.82) is 5.26 Å². The Labute approximate surface area is 180 Å². The lowest BCUT2D eigenvalue weighted by Gasteiger charge is -2.11. The van der Waals surface area contributed by atoms with Crippen LogP contribution in [0.4, 0.5) is 0 Å². The molecule has 0 saturated heterocycles. The van der Waals surface area contributed by atoms with Gasteiger partial charge < -0.3 is 4.74 Å². The summed E-state index contributed by atoms with van der Waals surface area (Å²) in [5.41, 5.74) is 3.27. The zero-order valence-corrected chi connectivity index (χ0v) is 18.1. The van der Waals surface area contributed by atoms with E-state index in [1.165, 1.54) is 0 Å². The topological polar surface area (TPSA) is 33.0 Å². The van der Waals surface area contributed by atoms with Gasteiger partial charge in [-0.1, -0.05) is 67.7 Å². The fourth-order valence-electron chi connectivity index (χ4n) is 2.47. The molecule has 0 atom stereocenters. The highest BCUT2D eigenvalue weighted by atomic mass is 79.9. The third-order valence-corrected chi connectivity index (χ3v) is 5.13. The molecule has 0 heterocycles. The summed E-state index contributed by atoms with van der Waals surface area (Å²) in [6.07, 6.45) is 1.84. The van der Waals surface area contributed by atoms with E-state index in [0.717, 1.165) is 25.6 Å². The maximum Gasteiger partial charge on any atom is 0.127 e. The van der Waals surface area contributed by atoms with Crippen LogP contribution in [0.5, 0.6) is 5.75 Å². The van der Waals surface area contributed by atoms with Crippen LogP contribution in [0.3, 0.4) is 0 Å². The normalized spacial score (nSPS) is 11.1. The molecule has 0 aliphatic carbocycles. The smallest absolute Gasteiger partial charge is 0.127 e. The van der Waals surface area contributed by atoms with E-state index in [0.29, 0.717) is 23.0 Å². The number of hydrogen-bond acceptors (Lipinski definition) is 2. The van der Waals surface area contributed by atoms with Gasteiger partial charge in [-0.15, -0.1) is 0 Å². The lowest BCUT2D eigenvalue weighted by molar-refractivity contribution is 0.305. The predicted octanol–water partition coefficient (Wildman–Crippen LogP) is 7.51. The number of benzene rings is 3. The molecule has 0 spiro atoms. The van der Waals surface area contributed by atoms with Gasteiger partial charge in [-0.3, -0.25) is 0 Å². The van der Waals surface area contributed by atoms with Gasteiger partial charge in [-0.25, -0.2) is 0 Å². The summed E-state index contributed by atoms with van der Waals surface area (Å²) in [4.78, 5) is 0. The Hall–Kier alpha value is -2.06. The average molecular weight is 504 g/mol. The van der Waals surface area contributed by atoms with Crippen LogP contribution >= 0.6 is 43.5 Å². The fourth-order valence-corrected chi connectivity index (χ4v) is 3.24. The Morgan fingerprint density at radius 1 is 0.963 bits per heavy atom. The van der Waals surface area contributed by atoms with Crippen molar-refractivity contribution in [1.82, 2.24) is 0 Å².